The first kappa shape index (κ1) is 11.1. The molecule has 0 fully saturated rings. The van der Waals surface area contributed by atoms with Gasteiger partial charge in [0.15, 0.2) is 5.78 Å². The summed E-state index contributed by atoms with van der Waals surface area (Å²) in [7, 11) is 0. The number of halogens is 3. The molecule has 0 saturated carbocycles. The first-order chi connectivity index (χ1) is 6.43. The summed E-state index contributed by atoms with van der Waals surface area (Å²) in [5.41, 5.74) is -0.248. The SMILES string of the molecule is CC(C)C(=O)c1cc(F)c(Cl)cc1F. The van der Waals surface area contributed by atoms with E-state index in [0.717, 1.165) is 12.1 Å². The molecule has 0 spiro atoms. The predicted molar refractivity (Wildman–Crippen MR) is 50.5 cm³/mol. The van der Waals surface area contributed by atoms with Gasteiger partial charge in [0.25, 0.3) is 0 Å². The van der Waals surface area contributed by atoms with Crippen LogP contribution in [0.5, 0.6) is 0 Å². The van der Waals surface area contributed by atoms with Crippen LogP contribution >= 0.6 is 11.6 Å². The number of carbonyl (C=O) groups excluding carboxylic acids is 1. The van der Waals surface area contributed by atoms with Gasteiger partial charge in [-0.3, -0.25) is 4.79 Å². The molecule has 1 aromatic carbocycles. The third-order valence-electron chi connectivity index (χ3n) is 1.80. The van der Waals surface area contributed by atoms with Gasteiger partial charge in [-0.15, -0.1) is 0 Å². The number of rotatable bonds is 2. The lowest BCUT2D eigenvalue weighted by Gasteiger charge is -2.06. The molecular formula is C10H9ClF2O. The van der Waals surface area contributed by atoms with Crippen molar-refractivity contribution < 1.29 is 13.6 Å². The minimum Gasteiger partial charge on any atom is -0.294 e. The predicted octanol–water partition coefficient (Wildman–Crippen LogP) is 3.46. The molecule has 0 bridgehead atoms. The zero-order valence-electron chi connectivity index (χ0n) is 7.77. The Morgan fingerprint density at radius 3 is 2.36 bits per heavy atom. The second kappa shape index (κ2) is 4.05. The van der Waals surface area contributed by atoms with E-state index >= 15 is 0 Å². The highest BCUT2D eigenvalue weighted by atomic mass is 35.5. The molecule has 0 radical (unpaired) electrons. The van der Waals surface area contributed by atoms with Gasteiger partial charge in [0.2, 0.25) is 0 Å². The fourth-order valence-electron chi connectivity index (χ4n) is 1.02. The van der Waals surface area contributed by atoms with E-state index in [1.807, 2.05) is 0 Å². The molecule has 1 nitrogen and oxygen atoms in total. The van der Waals surface area contributed by atoms with Gasteiger partial charge < -0.3 is 0 Å². The smallest absolute Gasteiger partial charge is 0.168 e. The topological polar surface area (TPSA) is 17.1 Å². The van der Waals surface area contributed by atoms with Gasteiger partial charge in [0.1, 0.15) is 11.6 Å². The largest absolute Gasteiger partial charge is 0.294 e. The molecule has 0 aliphatic rings. The van der Waals surface area contributed by atoms with Crippen LogP contribution in [-0.2, 0) is 0 Å². The normalized spacial score (nSPS) is 10.7. The Balaban J connectivity index is 3.22. The lowest BCUT2D eigenvalue weighted by molar-refractivity contribution is 0.0935. The minimum atomic E-state index is -0.782. The van der Waals surface area contributed by atoms with Gasteiger partial charge in [-0.05, 0) is 12.1 Å². The fourth-order valence-corrected chi connectivity index (χ4v) is 1.17. The van der Waals surface area contributed by atoms with Crippen LogP contribution in [0.3, 0.4) is 0 Å². The van der Waals surface area contributed by atoms with E-state index in [1.54, 1.807) is 13.8 Å². The van der Waals surface area contributed by atoms with E-state index in [4.69, 9.17) is 11.6 Å². The number of hydrogen-bond acceptors (Lipinski definition) is 1. The van der Waals surface area contributed by atoms with E-state index in [-0.39, 0.29) is 16.5 Å². The molecule has 0 aliphatic carbocycles. The first-order valence-electron chi connectivity index (χ1n) is 4.12. The van der Waals surface area contributed by atoms with Crippen LogP contribution in [0.25, 0.3) is 0 Å². The van der Waals surface area contributed by atoms with E-state index in [9.17, 15) is 13.6 Å². The molecule has 0 N–H and O–H groups in total. The van der Waals surface area contributed by atoms with Crippen LogP contribution in [-0.4, -0.2) is 5.78 Å². The Morgan fingerprint density at radius 1 is 1.29 bits per heavy atom. The third kappa shape index (κ3) is 2.10. The highest BCUT2D eigenvalue weighted by molar-refractivity contribution is 6.30. The summed E-state index contributed by atoms with van der Waals surface area (Å²) >= 11 is 5.34. The van der Waals surface area contributed by atoms with E-state index in [1.165, 1.54) is 0 Å². The van der Waals surface area contributed by atoms with Crippen LogP contribution in [0.2, 0.25) is 5.02 Å². The van der Waals surface area contributed by atoms with Gasteiger partial charge in [-0.25, -0.2) is 8.78 Å². The Hall–Kier alpha value is -0.960. The van der Waals surface area contributed by atoms with Crippen molar-refractivity contribution in [2.45, 2.75) is 13.8 Å². The lowest BCUT2D eigenvalue weighted by atomic mass is 10.0. The van der Waals surface area contributed by atoms with Crippen molar-refractivity contribution in [2.24, 2.45) is 5.92 Å². The molecule has 0 saturated heterocycles. The van der Waals surface area contributed by atoms with Crippen molar-refractivity contribution in [1.29, 1.82) is 0 Å². The average Bonchev–Trinajstić information content (AvgIpc) is 2.10. The summed E-state index contributed by atoms with van der Waals surface area (Å²) in [5, 5.41) is -0.317. The second-order valence-corrected chi connectivity index (χ2v) is 3.67. The molecule has 1 aromatic rings. The number of Topliss-reactive ketones (excluding diaryl/α,β-unsaturated/α-hetero) is 1. The molecule has 0 aromatic heterocycles. The first-order valence-corrected chi connectivity index (χ1v) is 4.50. The average molecular weight is 219 g/mol. The van der Waals surface area contributed by atoms with Gasteiger partial charge >= 0.3 is 0 Å². The highest BCUT2D eigenvalue weighted by Gasteiger charge is 2.17. The van der Waals surface area contributed by atoms with Crippen LogP contribution in [0, 0.1) is 17.6 Å². The summed E-state index contributed by atoms with van der Waals surface area (Å²) in [5.74, 6) is -2.37. The molecule has 14 heavy (non-hydrogen) atoms. The van der Waals surface area contributed by atoms with Gasteiger partial charge in [0, 0.05) is 5.92 Å². The Morgan fingerprint density at radius 2 is 1.86 bits per heavy atom. The molecule has 0 aliphatic heterocycles. The Kier molecular flexibility index (Phi) is 3.21. The third-order valence-corrected chi connectivity index (χ3v) is 2.09. The maximum Gasteiger partial charge on any atom is 0.168 e. The van der Waals surface area contributed by atoms with Gasteiger partial charge in [0.05, 0.1) is 10.6 Å². The minimum absolute atomic E-state index is 0.248. The molecule has 0 heterocycles. The van der Waals surface area contributed by atoms with Crippen molar-refractivity contribution in [3.63, 3.8) is 0 Å². The summed E-state index contributed by atoms with van der Waals surface area (Å²) in [6.45, 7) is 3.24. The Bertz CT molecular complexity index is 375. The quantitative estimate of drug-likeness (QED) is 0.549. The molecule has 76 valence electrons. The molecule has 0 atom stereocenters. The van der Waals surface area contributed by atoms with Crippen LogP contribution in [0.1, 0.15) is 24.2 Å². The van der Waals surface area contributed by atoms with Crippen LogP contribution in [0.15, 0.2) is 12.1 Å². The van der Waals surface area contributed by atoms with Crippen molar-refractivity contribution >= 4 is 17.4 Å². The van der Waals surface area contributed by atoms with Crippen molar-refractivity contribution in [1.82, 2.24) is 0 Å². The summed E-state index contributed by atoms with van der Waals surface area (Å²) in [6.07, 6.45) is 0. The van der Waals surface area contributed by atoms with Crippen molar-refractivity contribution in [2.75, 3.05) is 0 Å². The molecular weight excluding hydrogens is 210 g/mol. The van der Waals surface area contributed by atoms with Crippen molar-refractivity contribution in [3.05, 3.63) is 34.4 Å². The molecule has 1 rings (SSSR count). The lowest BCUT2D eigenvalue weighted by Crippen LogP contribution is -2.10. The zero-order valence-corrected chi connectivity index (χ0v) is 8.53. The van der Waals surface area contributed by atoms with E-state index in [2.05, 4.69) is 0 Å². The van der Waals surface area contributed by atoms with Crippen molar-refractivity contribution in [3.8, 4) is 0 Å². The molecule has 4 heteroatoms. The fraction of sp³-hybridized carbons (Fsp3) is 0.300. The number of ketones is 1. The monoisotopic (exact) mass is 218 g/mol. The number of hydrogen-bond donors (Lipinski definition) is 0. The standard InChI is InChI=1S/C10H9ClF2O/c1-5(2)10(14)6-3-9(13)7(11)4-8(6)12/h3-5H,1-2H3. The van der Waals surface area contributed by atoms with Gasteiger partial charge in [-0.1, -0.05) is 25.4 Å². The van der Waals surface area contributed by atoms with E-state index in [0.29, 0.717) is 0 Å². The zero-order chi connectivity index (χ0) is 10.9. The number of benzene rings is 1. The second-order valence-electron chi connectivity index (χ2n) is 3.27. The maximum atomic E-state index is 13.2. The van der Waals surface area contributed by atoms with Crippen LogP contribution < -0.4 is 0 Å². The Labute approximate surface area is 85.7 Å². The number of carbonyl (C=O) groups is 1. The summed E-state index contributed by atoms with van der Waals surface area (Å²) < 4.78 is 26.1. The molecule has 0 amide bonds. The molecule has 0 unspecified atom stereocenters. The highest BCUT2D eigenvalue weighted by Crippen LogP contribution is 2.21. The van der Waals surface area contributed by atoms with E-state index < -0.39 is 17.4 Å². The summed E-state index contributed by atoms with van der Waals surface area (Å²) in [4.78, 5) is 11.4. The maximum absolute atomic E-state index is 13.2. The summed E-state index contributed by atoms with van der Waals surface area (Å²) in [6, 6.07) is 1.65. The van der Waals surface area contributed by atoms with Gasteiger partial charge in [-0.2, -0.15) is 0 Å². The van der Waals surface area contributed by atoms with Crippen LogP contribution in [0.4, 0.5) is 8.78 Å².